The van der Waals surface area contributed by atoms with E-state index in [0.717, 1.165) is 0 Å². The summed E-state index contributed by atoms with van der Waals surface area (Å²) in [6.07, 6.45) is 0.470. The van der Waals surface area contributed by atoms with Gasteiger partial charge in [-0.15, -0.1) is 0 Å². The van der Waals surface area contributed by atoms with E-state index in [4.69, 9.17) is 9.47 Å². The molecule has 1 aromatic rings. The molecule has 0 radical (unpaired) electrons. The molecule has 0 aliphatic carbocycles. The molecule has 0 saturated carbocycles. The molecule has 0 spiro atoms. The van der Waals surface area contributed by atoms with Crippen LogP contribution in [0.25, 0.3) is 0 Å². The average Bonchev–Trinajstić information content (AvgIpc) is 2.58. The van der Waals surface area contributed by atoms with Crippen molar-refractivity contribution in [3.8, 4) is 0 Å². The van der Waals surface area contributed by atoms with Crippen molar-refractivity contribution in [2.24, 2.45) is 0 Å². The van der Waals surface area contributed by atoms with Gasteiger partial charge in [-0.3, -0.25) is 9.59 Å². The number of nitrogens with one attached hydrogen (secondary N) is 1. The highest BCUT2D eigenvalue weighted by Crippen LogP contribution is 2.20. The van der Waals surface area contributed by atoms with Gasteiger partial charge in [-0.05, 0) is 51.8 Å². The molecular weight excluding hydrogens is 354 g/mol. The van der Waals surface area contributed by atoms with Crippen LogP contribution in [0, 0.1) is 0 Å². The Balaban J connectivity index is 2.93. The van der Waals surface area contributed by atoms with Gasteiger partial charge in [0.2, 0.25) is 0 Å². The Bertz CT molecular complexity index is 719. The number of amides is 1. The van der Waals surface area contributed by atoms with Crippen LogP contribution in [-0.4, -0.2) is 43.1 Å². The van der Waals surface area contributed by atoms with Gasteiger partial charge in [-0.1, -0.05) is 6.07 Å². The van der Waals surface area contributed by atoms with Gasteiger partial charge in [0, 0.05) is 6.42 Å². The van der Waals surface area contributed by atoms with Gasteiger partial charge in [-0.25, -0.2) is 9.59 Å². The molecule has 0 bridgehead atoms. The van der Waals surface area contributed by atoms with Gasteiger partial charge in [0.25, 0.3) is 0 Å². The molecule has 0 saturated heterocycles. The summed E-state index contributed by atoms with van der Waals surface area (Å²) in [6, 6.07) is 4.60. The van der Waals surface area contributed by atoms with Crippen molar-refractivity contribution >= 4 is 29.5 Å². The van der Waals surface area contributed by atoms with Crippen LogP contribution in [0.4, 0.5) is 5.69 Å². The summed E-state index contributed by atoms with van der Waals surface area (Å²) >= 11 is 0. The Labute approximate surface area is 158 Å². The number of carbonyl (C=O) groups excluding carboxylic acids is 4. The predicted molar refractivity (Wildman–Crippen MR) is 97.2 cm³/mol. The Kier molecular flexibility index (Phi) is 7.96. The van der Waals surface area contributed by atoms with Gasteiger partial charge in [-0.2, -0.15) is 0 Å². The van der Waals surface area contributed by atoms with E-state index in [1.165, 1.54) is 19.2 Å². The summed E-state index contributed by atoms with van der Waals surface area (Å²) in [5.41, 5.74) is 0.281. The fraction of sp³-hybridized carbons (Fsp3) is 0.474. The third-order valence-corrected chi connectivity index (χ3v) is 3.24. The van der Waals surface area contributed by atoms with Gasteiger partial charge in [0.1, 0.15) is 5.60 Å². The van der Waals surface area contributed by atoms with Crippen molar-refractivity contribution < 1.29 is 33.4 Å². The lowest BCUT2D eigenvalue weighted by Gasteiger charge is -2.19. The first-order valence-corrected chi connectivity index (χ1v) is 8.48. The first-order valence-electron chi connectivity index (χ1n) is 8.48. The second kappa shape index (κ2) is 9.70. The smallest absolute Gasteiger partial charge is 0.397 e. The van der Waals surface area contributed by atoms with Gasteiger partial charge in [0.05, 0.1) is 25.0 Å². The highest BCUT2D eigenvalue weighted by atomic mass is 16.6. The van der Waals surface area contributed by atoms with E-state index in [1.807, 2.05) is 0 Å². The Morgan fingerprint density at radius 3 is 2.33 bits per heavy atom. The standard InChI is InChI=1S/C19H25NO7/c1-6-26-18(24)16(22)20-14-9-7-12(11-13(14)17(23)25-5)8-10-15(21)27-19(2,3)4/h7,9,11H,6,8,10H2,1-5H3,(H,20,22). The van der Waals surface area contributed by atoms with Crippen LogP contribution in [0.5, 0.6) is 0 Å². The summed E-state index contributed by atoms with van der Waals surface area (Å²) in [7, 11) is 1.20. The number of hydrogen-bond acceptors (Lipinski definition) is 7. The van der Waals surface area contributed by atoms with E-state index in [-0.39, 0.29) is 30.2 Å². The fourth-order valence-electron chi connectivity index (χ4n) is 2.14. The first-order chi connectivity index (χ1) is 12.6. The van der Waals surface area contributed by atoms with Crippen molar-refractivity contribution in [1.82, 2.24) is 0 Å². The molecule has 1 N–H and O–H groups in total. The summed E-state index contributed by atoms with van der Waals surface area (Å²) < 4.78 is 14.6. The molecular formula is C19H25NO7. The molecule has 27 heavy (non-hydrogen) atoms. The van der Waals surface area contributed by atoms with Crippen LogP contribution >= 0.6 is 0 Å². The number of benzene rings is 1. The van der Waals surface area contributed by atoms with Crippen LogP contribution in [0.3, 0.4) is 0 Å². The first kappa shape index (κ1) is 22.1. The molecule has 8 heteroatoms. The van der Waals surface area contributed by atoms with Crippen LogP contribution in [0.2, 0.25) is 0 Å². The van der Waals surface area contributed by atoms with Crippen LogP contribution < -0.4 is 5.32 Å². The molecule has 0 aliphatic rings. The largest absolute Gasteiger partial charge is 0.465 e. The SMILES string of the molecule is CCOC(=O)C(=O)Nc1ccc(CCC(=O)OC(C)(C)C)cc1C(=O)OC. The Morgan fingerprint density at radius 2 is 1.78 bits per heavy atom. The number of esters is 3. The molecule has 0 atom stereocenters. The van der Waals surface area contributed by atoms with E-state index >= 15 is 0 Å². The molecule has 0 aromatic heterocycles. The van der Waals surface area contributed by atoms with Gasteiger partial charge < -0.3 is 19.5 Å². The maximum absolute atomic E-state index is 12.0. The molecule has 8 nitrogen and oxygen atoms in total. The summed E-state index contributed by atoms with van der Waals surface area (Å²) in [5.74, 6) is -3.10. The number of methoxy groups -OCH3 is 1. The average molecular weight is 379 g/mol. The van der Waals surface area contributed by atoms with E-state index < -0.39 is 23.4 Å². The minimum atomic E-state index is -1.05. The normalized spacial score (nSPS) is 10.7. The lowest BCUT2D eigenvalue weighted by Crippen LogP contribution is -2.26. The van der Waals surface area contributed by atoms with Crippen molar-refractivity contribution in [1.29, 1.82) is 0 Å². The number of anilines is 1. The number of aryl methyl sites for hydroxylation is 1. The minimum Gasteiger partial charge on any atom is -0.465 e. The van der Waals surface area contributed by atoms with E-state index in [1.54, 1.807) is 33.8 Å². The number of rotatable bonds is 6. The summed E-state index contributed by atoms with van der Waals surface area (Å²) in [5, 5.41) is 2.33. The molecule has 1 aromatic carbocycles. The van der Waals surface area contributed by atoms with Crippen molar-refractivity contribution in [3.63, 3.8) is 0 Å². The Hall–Kier alpha value is -2.90. The monoisotopic (exact) mass is 379 g/mol. The lowest BCUT2D eigenvalue weighted by molar-refractivity contribution is -0.154. The van der Waals surface area contributed by atoms with E-state index in [0.29, 0.717) is 12.0 Å². The van der Waals surface area contributed by atoms with Crippen molar-refractivity contribution in [2.75, 3.05) is 19.0 Å². The van der Waals surface area contributed by atoms with Gasteiger partial charge in [0.15, 0.2) is 0 Å². The number of carbonyl (C=O) groups is 4. The second-order valence-corrected chi connectivity index (χ2v) is 6.63. The van der Waals surface area contributed by atoms with Crippen molar-refractivity contribution in [3.05, 3.63) is 29.3 Å². The highest BCUT2D eigenvalue weighted by molar-refractivity contribution is 6.37. The van der Waals surface area contributed by atoms with E-state index in [9.17, 15) is 19.2 Å². The molecule has 0 aliphatic heterocycles. The summed E-state index contributed by atoms with van der Waals surface area (Å²) in [6.45, 7) is 6.97. The second-order valence-electron chi connectivity index (χ2n) is 6.63. The molecule has 0 fully saturated rings. The van der Waals surface area contributed by atoms with Crippen LogP contribution in [0.15, 0.2) is 18.2 Å². The molecule has 0 unspecified atom stereocenters. The number of hydrogen-bond donors (Lipinski definition) is 1. The molecule has 0 heterocycles. The van der Waals surface area contributed by atoms with Crippen LogP contribution in [0.1, 0.15) is 50.0 Å². The number of ether oxygens (including phenoxy) is 3. The quantitative estimate of drug-likeness (QED) is 0.459. The lowest BCUT2D eigenvalue weighted by atomic mass is 10.0. The predicted octanol–water partition coefficient (Wildman–Crippen LogP) is 2.25. The third-order valence-electron chi connectivity index (χ3n) is 3.24. The summed E-state index contributed by atoms with van der Waals surface area (Å²) in [4.78, 5) is 47.1. The highest BCUT2D eigenvalue weighted by Gasteiger charge is 2.20. The Morgan fingerprint density at radius 1 is 1.11 bits per heavy atom. The van der Waals surface area contributed by atoms with Crippen LogP contribution in [-0.2, 0) is 35.0 Å². The molecule has 1 amide bonds. The van der Waals surface area contributed by atoms with E-state index in [2.05, 4.69) is 10.1 Å². The fourth-order valence-corrected chi connectivity index (χ4v) is 2.14. The molecule has 1 rings (SSSR count). The van der Waals surface area contributed by atoms with Crippen molar-refractivity contribution in [2.45, 2.75) is 46.1 Å². The third kappa shape index (κ3) is 7.47. The zero-order valence-corrected chi connectivity index (χ0v) is 16.2. The zero-order valence-electron chi connectivity index (χ0n) is 16.2. The zero-order chi connectivity index (χ0) is 20.6. The minimum absolute atomic E-state index is 0.0553. The molecule has 148 valence electrons. The topological polar surface area (TPSA) is 108 Å². The maximum Gasteiger partial charge on any atom is 0.397 e. The van der Waals surface area contributed by atoms with Gasteiger partial charge >= 0.3 is 23.8 Å². The maximum atomic E-state index is 12.0.